The molecule has 3 rings (SSSR count). The first-order valence-corrected chi connectivity index (χ1v) is 8.09. The van der Waals surface area contributed by atoms with Crippen molar-refractivity contribution in [2.24, 2.45) is 0 Å². The van der Waals surface area contributed by atoms with E-state index >= 15 is 0 Å². The van der Waals surface area contributed by atoms with Gasteiger partial charge in [0.25, 0.3) is 0 Å². The molecule has 0 atom stereocenters. The van der Waals surface area contributed by atoms with Crippen molar-refractivity contribution in [1.29, 1.82) is 0 Å². The largest absolute Gasteiger partial charge is 0.310 e. The van der Waals surface area contributed by atoms with Gasteiger partial charge in [0.05, 0.1) is 4.88 Å². The molecule has 0 saturated heterocycles. The third-order valence-corrected chi connectivity index (χ3v) is 4.43. The quantitative estimate of drug-likeness (QED) is 0.687. The monoisotopic (exact) mass is 312 g/mol. The van der Waals surface area contributed by atoms with Gasteiger partial charge in [0.1, 0.15) is 10.8 Å². The summed E-state index contributed by atoms with van der Waals surface area (Å²) in [5.41, 5.74) is 1.94. The molecule has 0 aliphatic heterocycles. The number of hydrogen-bond acceptors (Lipinski definition) is 3. The zero-order valence-corrected chi connectivity index (χ0v) is 12.9. The number of thiazole rings is 1. The van der Waals surface area contributed by atoms with Crippen LogP contribution in [0.1, 0.15) is 10.6 Å². The number of hydrogen-bond donors (Lipinski definition) is 1. The first-order valence-electron chi connectivity index (χ1n) is 7.27. The second kappa shape index (κ2) is 7.29. The summed E-state index contributed by atoms with van der Waals surface area (Å²) in [7, 11) is 0. The van der Waals surface area contributed by atoms with E-state index < -0.39 is 0 Å². The first kappa shape index (κ1) is 14.9. The van der Waals surface area contributed by atoms with Gasteiger partial charge in [-0.15, -0.1) is 11.3 Å². The predicted molar refractivity (Wildman–Crippen MR) is 89.4 cm³/mol. The molecule has 112 valence electrons. The maximum absolute atomic E-state index is 13.7. The van der Waals surface area contributed by atoms with Gasteiger partial charge in [0.15, 0.2) is 0 Å². The molecule has 3 aromatic rings. The zero-order valence-electron chi connectivity index (χ0n) is 12.1. The van der Waals surface area contributed by atoms with E-state index in [1.165, 1.54) is 23.0 Å². The van der Waals surface area contributed by atoms with E-state index in [-0.39, 0.29) is 5.82 Å². The fourth-order valence-electron chi connectivity index (χ4n) is 2.25. The summed E-state index contributed by atoms with van der Waals surface area (Å²) < 4.78 is 13.7. The summed E-state index contributed by atoms with van der Waals surface area (Å²) in [5.74, 6) is -0.199. The molecule has 0 radical (unpaired) electrons. The molecular weight excluding hydrogens is 295 g/mol. The Labute approximate surface area is 133 Å². The molecule has 1 N–H and O–H groups in total. The highest BCUT2D eigenvalue weighted by atomic mass is 32.1. The second-order valence-electron chi connectivity index (χ2n) is 5.01. The smallest absolute Gasteiger partial charge is 0.131 e. The lowest BCUT2D eigenvalue weighted by Crippen LogP contribution is -2.16. The molecule has 1 aromatic heterocycles. The van der Waals surface area contributed by atoms with E-state index in [1.807, 2.05) is 12.1 Å². The number of nitrogens with zero attached hydrogens (tertiary/aromatic N) is 1. The molecule has 0 aliphatic carbocycles. The molecule has 4 heteroatoms. The van der Waals surface area contributed by atoms with Crippen LogP contribution in [0.15, 0.2) is 60.8 Å². The highest BCUT2D eigenvalue weighted by Gasteiger charge is 2.08. The summed E-state index contributed by atoms with van der Waals surface area (Å²) in [6.07, 6.45) is 2.74. The van der Waals surface area contributed by atoms with Gasteiger partial charge >= 0.3 is 0 Å². The average Bonchev–Trinajstić information content (AvgIpc) is 3.02. The summed E-state index contributed by atoms with van der Waals surface area (Å²) in [6, 6.07) is 17.2. The normalized spacial score (nSPS) is 10.8. The molecule has 0 amide bonds. The first-order chi connectivity index (χ1) is 10.8. The molecule has 1 heterocycles. The lowest BCUT2D eigenvalue weighted by molar-refractivity contribution is 0.631. The fourth-order valence-corrected chi connectivity index (χ4v) is 3.16. The van der Waals surface area contributed by atoms with Gasteiger partial charge in [0, 0.05) is 18.3 Å². The number of rotatable bonds is 6. The Balaban J connectivity index is 1.53. The molecule has 0 spiro atoms. The van der Waals surface area contributed by atoms with Crippen LogP contribution >= 0.6 is 11.3 Å². The molecule has 22 heavy (non-hydrogen) atoms. The van der Waals surface area contributed by atoms with Crippen LogP contribution in [0.25, 0.3) is 10.4 Å². The maximum atomic E-state index is 13.7. The van der Waals surface area contributed by atoms with Crippen LogP contribution in [-0.2, 0) is 13.0 Å². The standard InChI is InChI=1S/C18H17FN2S/c19-16-9-5-4-8-15(16)17-12-21-18(22-17)13-20-11-10-14-6-2-1-3-7-14/h1-9,12,20H,10-11,13H2. The molecule has 0 bridgehead atoms. The molecular formula is C18H17FN2S. The molecule has 0 saturated carbocycles. The van der Waals surface area contributed by atoms with Crippen molar-refractivity contribution in [2.45, 2.75) is 13.0 Å². The molecule has 2 nitrogen and oxygen atoms in total. The van der Waals surface area contributed by atoms with Crippen LogP contribution in [0.5, 0.6) is 0 Å². The number of benzene rings is 2. The minimum Gasteiger partial charge on any atom is -0.310 e. The molecule has 0 unspecified atom stereocenters. The number of aromatic nitrogens is 1. The van der Waals surface area contributed by atoms with Crippen LogP contribution in [0.4, 0.5) is 4.39 Å². The van der Waals surface area contributed by atoms with Crippen LogP contribution in [0.2, 0.25) is 0 Å². The van der Waals surface area contributed by atoms with Crippen molar-refractivity contribution in [2.75, 3.05) is 6.54 Å². The van der Waals surface area contributed by atoms with Crippen molar-refractivity contribution in [3.8, 4) is 10.4 Å². The predicted octanol–water partition coefficient (Wildman–Crippen LogP) is 4.28. The Hall–Kier alpha value is -2.04. The minimum atomic E-state index is -0.199. The average molecular weight is 312 g/mol. The molecule has 0 fully saturated rings. The Morgan fingerprint density at radius 2 is 1.77 bits per heavy atom. The van der Waals surface area contributed by atoms with Gasteiger partial charge in [-0.1, -0.05) is 48.5 Å². The highest BCUT2D eigenvalue weighted by molar-refractivity contribution is 7.15. The second-order valence-corrected chi connectivity index (χ2v) is 6.13. The lowest BCUT2D eigenvalue weighted by Gasteiger charge is -2.02. The number of halogens is 1. The summed E-state index contributed by atoms with van der Waals surface area (Å²) in [6.45, 7) is 1.62. The van der Waals surface area contributed by atoms with E-state index in [0.717, 1.165) is 22.9 Å². The van der Waals surface area contributed by atoms with Gasteiger partial charge in [0.2, 0.25) is 0 Å². The Kier molecular flexibility index (Phi) is 4.93. The van der Waals surface area contributed by atoms with Crippen LogP contribution in [0.3, 0.4) is 0 Å². The van der Waals surface area contributed by atoms with Gasteiger partial charge in [-0.2, -0.15) is 0 Å². The maximum Gasteiger partial charge on any atom is 0.131 e. The summed E-state index contributed by atoms with van der Waals surface area (Å²) in [4.78, 5) is 5.24. The van der Waals surface area contributed by atoms with Gasteiger partial charge in [-0.05, 0) is 24.6 Å². The van der Waals surface area contributed by atoms with Crippen LogP contribution < -0.4 is 5.32 Å². The van der Waals surface area contributed by atoms with Crippen LogP contribution in [0, 0.1) is 5.82 Å². The van der Waals surface area contributed by atoms with Crippen molar-refractivity contribution in [3.05, 3.63) is 77.2 Å². The van der Waals surface area contributed by atoms with E-state index in [4.69, 9.17) is 0 Å². The lowest BCUT2D eigenvalue weighted by atomic mass is 10.1. The van der Waals surface area contributed by atoms with Crippen molar-refractivity contribution >= 4 is 11.3 Å². The summed E-state index contributed by atoms with van der Waals surface area (Å²) >= 11 is 1.53. The van der Waals surface area contributed by atoms with Gasteiger partial charge in [-0.3, -0.25) is 0 Å². The van der Waals surface area contributed by atoms with Crippen molar-refractivity contribution in [1.82, 2.24) is 10.3 Å². The molecule has 0 aliphatic rings. The highest BCUT2D eigenvalue weighted by Crippen LogP contribution is 2.28. The van der Waals surface area contributed by atoms with E-state index in [1.54, 1.807) is 18.3 Å². The Bertz CT molecular complexity index is 725. The van der Waals surface area contributed by atoms with Crippen molar-refractivity contribution in [3.63, 3.8) is 0 Å². The third kappa shape index (κ3) is 3.78. The topological polar surface area (TPSA) is 24.9 Å². The van der Waals surface area contributed by atoms with E-state index in [9.17, 15) is 4.39 Å². The van der Waals surface area contributed by atoms with Gasteiger partial charge in [-0.25, -0.2) is 9.37 Å². The molecule has 2 aromatic carbocycles. The van der Waals surface area contributed by atoms with E-state index in [0.29, 0.717) is 12.1 Å². The Morgan fingerprint density at radius 1 is 1.00 bits per heavy atom. The third-order valence-electron chi connectivity index (χ3n) is 3.40. The zero-order chi connectivity index (χ0) is 15.2. The Morgan fingerprint density at radius 3 is 2.59 bits per heavy atom. The van der Waals surface area contributed by atoms with Crippen LogP contribution in [-0.4, -0.2) is 11.5 Å². The number of nitrogens with one attached hydrogen (secondary N) is 1. The van der Waals surface area contributed by atoms with E-state index in [2.05, 4.69) is 34.6 Å². The van der Waals surface area contributed by atoms with Gasteiger partial charge < -0.3 is 5.32 Å². The SMILES string of the molecule is Fc1ccccc1-c1cnc(CNCCc2ccccc2)s1. The summed E-state index contributed by atoms with van der Waals surface area (Å²) in [5, 5.41) is 4.36. The fraction of sp³-hybridized carbons (Fsp3) is 0.167. The van der Waals surface area contributed by atoms with Crippen molar-refractivity contribution < 1.29 is 4.39 Å². The minimum absolute atomic E-state index is 0.199.